The summed E-state index contributed by atoms with van der Waals surface area (Å²) in [5.41, 5.74) is 0.739. The lowest BCUT2D eigenvalue weighted by molar-refractivity contribution is 0.0328. The van der Waals surface area contributed by atoms with Gasteiger partial charge in [-0.3, -0.25) is 4.99 Å². The van der Waals surface area contributed by atoms with Crippen LogP contribution in [0.3, 0.4) is 0 Å². The van der Waals surface area contributed by atoms with E-state index in [1.165, 1.54) is 6.21 Å². The summed E-state index contributed by atoms with van der Waals surface area (Å²) in [4.78, 5) is 3.71. The molecule has 0 atom stereocenters. The van der Waals surface area contributed by atoms with Gasteiger partial charge in [-0.15, -0.1) is 0 Å². The van der Waals surface area contributed by atoms with Crippen molar-refractivity contribution in [3.05, 3.63) is 59.1 Å². The van der Waals surface area contributed by atoms with Crippen LogP contribution in [0.4, 0.5) is 8.78 Å². The largest absolute Gasteiger partial charge is 0.457 e. The molecule has 0 saturated heterocycles. The molecule has 0 saturated carbocycles. The predicted octanol–water partition coefficient (Wildman–Crippen LogP) is 5.21. The second-order valence-corrected chi connectivity index (χ2v) is 5.10. The molecule has 0 aliphatic carbocycles. The summed E-state index contributed by atoms with van der Waals surface area (Å²) >= 11 is 5.79. The average molecular weight is 310 g/mol. The van der Waals surface area contributed by atoms with E-state index in [1.807, 2.05) is 0 Å². The van der Waals surface area contributed by atoms with E-state index in [0.717, 1.165) is 12.5 Å². The van der Waals surface area contributed by atoms with Gasteiger partial charge >= 0.3 is 0 Å². The lowest BCUT2D eigenvalue weighted by atomic mass is 10.2. The molecule has 2 aromatic carbocycles. The first-order valence-electron chi connectivity index (χ1n) is 6.33. The van der Waals surface area contributed by atoms with Gasteiger partial charge in [-0.2, -0.15) is 0 Å². The van der Waals surface area contributed by atoms with Crippen molar-refractivity contribution in [3.63, 3.8) is 0 Å². The van der Waals surface area contributed by atoms with Gasteiger partial charge in [0.1, 0.15) is 18.0 Å². The van der Waals surface area contributed by atoms with E-state index in [2.05, 4.69) is 4.99 Å². The summed E-state index contributed by atoms with van der Waals surface area (Å²) in [7, 11) is 0. The third-order valence-electron chi connectivity index (χ3n) is 2.54. The SMILES string of the molecule is CC(F)(F)CN=Cc1ccc(Oc2ccc(Cl)cc2)cc1. The minimum absolute atomic E-state index is 0.518. The number of hydrogen-bond donors (Lipinski definition) is 0. The van der Waals surface area contributed by atoms with E-state index in [4.69, 9.17) is 16.3 Å². The first kappa shape index (κ1) is 15.4. The van der Waals surface area contributed by atoms with E-state index in [0.29, 0.717) is 16.5 Å². The van der Waals surface area contributed by atoms with Crippen molar-refractivity contribution in [3.8, 4) is 11.5 Å². The highest BCUT2D eigenvalue weighted by molar-refractivity contribution is 6.30. The van der Waals surface area contributed by atoms with Crippen molar-refractivity contribution in [2.45, 2.75) is 12.8 Å². The van der Waals surface area contributed by atoms with Crippen LogP contribution in [0, 0.1) is 0 Å². The highest BCUT2D eigenvalue weighted by atomic mass is 35.5. The molecule has 2 nitrogen and oxygen atoms in total. The Morgan fingerprint density at radius 1 is 1.05 bits per heavy atom. The van der Waals surface area contributed by atoms with Crippen LogP contribution in [0.2, 0.25) is 5.02 Å². The molecule has 5 heteroatoms. The van der Waals surface area contributed by atoms with Crippen LogP contribution < -0.4 is 4.74 Å². The Balaban J connectivity index is 1.97. The third-order valence-corrected chi connectivity index (χ3v) is 2.79. The zero-order chi connectivity index (χ0) is 15.3. The van der Waals surface area contributed by atoms with Crippen LogP contribution in [0.15, 0.2) is 53.5 Å². The molecular weight excluding hydrogens is 296 g/mol. The van der Waals surface area contributed by atoms with E-state index >= 15 is 0 Å². The Morgan fingerprint density at radius 3 is 2.10 bits per heavy atom. The molecule has 0 N–H and O–H groups in total. The number of ether oxygens (including phenoxy) is 1. The van der Waals surface area contributed by atoms with Crippen LogP contribution >= 0.6 is 11.6 Å². The molecule has 0 fully saturated rings. The number of alkyl halides is 2. The lowest BCUT2D eigenvalue weighted by Gasteiger charge is -2.06. The molecule has 21 heavy (non-hydrogen) atoms. The van der Waals surface area contributed by atoms with Gasteiger partial charge in [0, 0.05) is 18.2 Å². The van der Waals surface area contributed by atoms with Gasteiger partial charge in [0.15, 0.2) is 0 Å². The highest BCUT2D eigenvalue weighted by Gasteiger charge is 2.19. The minimum atomic E-state index is -2.78. The maximum Gasteiger partial charge on any atom is 0.264 e. The number of nitrogens with zero attached hydrogens (tertiary/aromatic N) is 1. The molecule has 110 valence electrons. The third kappa shape index (κ3) is 5.52. The van der Waals surface area contributed by atoms with Crippen LogP contribution in [0.5, 0.6) is 11.5 Å². The van der Waals surface area contributed by atoms with Crippen molar-refractivity contribution in [1.82, 2.24) is 0 Å². The first-order valence-corrected chi connectivity index (χ1v) is 6.71. The Bertz CT molecular complexity index is 604. The van der Waals surface area contributed by atoms with Crippen LogP contribution in [0.1, 0.15) is 12.5 Å². The molecule has 0 unspecified atom stereocenters. The summed E-state index contributed by atoms with van der Waals surface area (Å²) in [5.74, 6) is -1.46. The zero-order valence-corrected chi connectivity index (χ0v) is 12.1. The summed E-state index contributed by atoms with van der Waals surface area (Å²) in [5, 5.41) is 0.640. The summed E-state index contributed by atoms with van der Waals surface area (Å²) < 4.78 is 30.9. The summed E-state index contributed by atoms with van der Waals surface area (Å²) in [6.45, 7) is 0.323. The number of hydrogen-bond acceptors (Lipinski definition) is 2. The molecule has 0 heterocycles. The lowest BCUT2D eigenvalue weighted by Crippen LogP contribution is -2.13. The van der Waals surface area contributed by atoms with Crippen LogP contribution in [0.25, 0.3) is 0 Å². The van der Waals surface area contributed by atoms with Crippen LogP contribution in [-0.2, 0) is 0 Å². The topological polar surface area (TPSA) is 21.6 Å². The summed E-state index contributed by atoms with van der Waals surface area (Å²) in [6, 6.07) is 14.0. The number of rotatable bonds is 5. The number of aliphatic imine (C=N–C) groups is 1. The van der Waals surface area contributed by atoms with Crippen molar-refractivity contribution >= 4 is 17.8 Å². The molecule has 2 rings (SSSR count). The van der Waals surface area contributed by atoms with Gasteiger partial charge in [0.25, 0.3) is 5.92 Å². The number of halogens is 3. The molecule has 0 radical (unpaired) electrons. The molecule has 0 aromatic heterocycles. The van der Waals surface area contributed by atoms with Gasteiger partial charge in [-0.25, -0.2) is 8.78 Å². The minimum Gasteiger partial charge on any atom is -0.457 e. The Morgan fingerprint density at radius 2 is 1.57 bits per heavy atom. The van der Waals surface area contributed by atoms with Crippen molar-refractivity contribution in [1.29, 1.82) is 0 Å². The van der Waals surface area contributed by atoms with Crippen molar-refractivity contribution in [2.24, 2.45) is 4.99 Å². The number of benzene rings is 2. The fourth-order valence-corrected chi connectivity index (χ4v) is 1.70. The smallest absolute Gasteiger partial charge is 0.264 e. The Kier molecular flexibility index (Phi) is 4.91. The molecule has 0 aliphatic heterocycles. The van der Waals surface area contributed by atoms with E-state index in [9.17, 15) is 8.78 Å². The highest BCUT2D eigenvalue weighted by Crippen LogP contribution is 2.23. The van der Waals surface area contributed by atoms with Crippen LogP contribution in [-0.4, -0.2) is 18.7 Å². The first-order chi connectivity index (χ1) is 9.92. The second-order valence-electron chi connectivity index (χ2n) is 4.67. The summed E-state index contributed by atoms with van der Waals surface area (Å²) in [6.07, 6.45) is 1.42. The van der Waals surface area contributed by atoms with Gasteiger partial charge in [-0.05, 0) is 54.1 Å². The van der Waals surface area contributed by atoms with Crippen molar-refractivity contribution < 1.29 is 13.5 Å². The average Bonchev–Trinajstić information content (AvgIpc) is 2.42. The molecule has 0 bridgehead atoms. The Hall–Kier alpha value is -1.94. The molecule has 2 aromatic rings. The van der Waals surface area contributed by atoms with Gasteiger partial charge in [0.05, 0.1) is 0 Å². The fraction of sp³-hybridized carbons (Fsp3) is 0.188. The molecular formula is C16H14ClF2NO. The fourth-order valence-electron chi connectivity index (χ4n) is 1.57. The normalized spacial score (nSPS) is 11.8. The molecule has 0 amide bonds. The van der Waals surface area contributed by atoms with Gasteiger partial charge < -0.3 is 4.74 Å². The zero-order valence-electron chi connectivity index (χ0n) is 11.4. The van der Waals surface area contributed by atoms with Gasteiger partial charge in [-0.1, -0.05) is 11.6 Å². The monoisotopic (exact) mass is 309 g/mol. The van der Waals surface area contributed by atoms with E-state index < -0.39 is 12.5 Å². The maximum absolute atomic E-state index is 12.6. The Labute approximate surface area is 127 Å². The second kappa shape index (κ2) is 6.68. The molecule has 0 aliphatic rings. The van der Waals surface area contributed by atoms with E-state index in [-0.39, 0.29) is 0 Å². The van der Waals surface area contributed by atoms with Gasteiger partial charge in [0.2, 0.25) is 0 Å². The quantitative estimate of drug-likeness (QED) is 0.695. The maximum atomic E-state index is 12.6. The van der Waals surface area contributed by atoms with E-state index in [1.54, 1.807) is 48.5 Å². The predicted molar refractivity (Wildman–Crippen MR) is 81.1 cm³/mol. The van der Waals surface area contributed by atoms with Crippen molar-refractivity contribution in [2.75, 3.05) is 6.54 Å². The molecule has 0 spiro atoms. The standard InChI is InChI=1S/C16H14ClF2NO/c1-16(18,19)11-20-10-12-2-6-14(7-3-12)21-15-8-4-13(17)5-9-15/h2-10H,11H2,1H3.